The van der Waals surface area contributed by atoms with Gasteiger partial charge in [-0.1, -0.05) is 13.8 Å². The van der Waals surface area contributed by atoms with E-state index in [0.717, 1.165) is 24.8 Å². The van der Waals surface area contributed by atoms with Crippen LogP contribution in [0.5, 0.6) is 0 Å². The molecule has 2 atom stereocenters. The Bertz CT molecular complexity index is 769. The highest BCUT2D eigenvalue weighted by molar-refractivity contribution is 5.88. The molecule has 5 heteroatoms. The average Bonchev–Trinajstić information content (AvgIpc) is 2.60. The van der Waals surface area contributed by atoms with E-state index in [2.05, 4.69) is 17.1 Å². The van der Waals surface area contributed by atoms with Gasteiger partial charge in [0, 0.05) is 6.42 Å². The molecule has 0 radical (unpaired) electrons. The quantitative estimate of drug-likeness (QED) is 0.740. The molecular weight excluding hydrogens is 322 g/mol. The summed E-state index contributed by atoms with van der Waals surface area (Å²) in [6, 6.07) is 1.76. The van der Waals surface area contributed by atoms with Crippen molar-refractivity contribution >= 4 is 11.4 Å². The van der Waals surface area contributed by atoms with Crippen LogP contribution in [0.4, 0.5) is 8.78 Å². The highest BCUT2D eigenvalue weighted by Gasteiger charge is 2.44. The fourth-order valence-corrected chi connectivity index (χ4v) is 4.21. The second-order valence-corrected chi connectivity index (χ2v) is 7.04. The van der Waals surface area contributed by atoms with Gasteiger partial charge in [0.2, 0.25) is 0 Å². The first-order chi connectivity index (χ1) is 11.9. The van der Waals surface area contributed by atoms with Crippen LogP contribution in [-0.4, -0.2) is 16.0 Å². The smallest absolute Gasteiger partial charge is 0.141 e. The number of allylic oxidation sites excluding steroid dienone is 4. The van der Waals surface area contributed by atoms with Crippen molar-refractivity contribution in [2.24, 2.45) is 0 Å². The lowest BCUT2D eigenvalue weighted by Gasteiger charge is -2.38. The Hall–Kier alpha value is -1.91. The number of rotatable bonds is 4. The minimum absolute atomic E-state index is 0.0769. The molecule has 0 unspecified atom stereocenters. The molecule has 0 aromatic carbocycles. The van der Waals surface area contributed by atoms with Crippen LogP contribution in [-0.2, 0) is 10.2 Å². The van der Waals surface area contributed by atoms with Gasteiger partial charge in [-0.05, 0) is 62.7 Å². The summed E-state index contributed by atoms with van der Waals surface area (Å²) in [6.45, 7) is 5.67. The van der Waals surface area contributed by atoms with Crippen molar-refractivity contribution in [2.45, 2.75) is 70.6 Å². The molecule has 3 nitrogen and oxygen atoms in total. The molecule has 0 spiro atoms. The minimum atomic E-state index is -0.625. The van der Waals surface area contributed by atoms with Crippen LogP contribution < -0.4 is 0 Å². The first kappa shape index (κ1) is 17.9. The van der Waals surface area contributed by atoms with Crippen LogP contribution in [0.25, 0.3) is 5.57 Å². The van der Waals surface area contributed by atoms with Crippen molar-refractivity contribution < 1.29 is 13.6 Å². The molecule has 0 N–H and O–H groups in total. The summed E-state index contributed by atoms with van der Waals surface area (Å²) in [5.41, 5.74) is 1.16. The van der Waals surface area contributed by atoms with E-state index in [1.165, 1.54) is 6.08 Å². The predicted octanol–water partition coefficient (Wildman–Crippen LogP) is 5.33. The van der Waals surface area contributed by atoms with E-state index in [4.69, 9.17) is 0 Å². The molecule has 1 aromatic heterocycles. The molecule has 0 fully saturated rings. The number of nitrogens with zero attached hydrogens (tertiary/aromatic N) is 2. The van der Waals surface area contributed by atoms with Crippen LogP contribution in [0.3, 0.4) is 0 Å². The number of carbonyl (C=O) groups excluding carboxylic acids is 1. The second kappa shape index (κ2) is 6.77. The van der Waals surface area contributed by atoms with Gasteiger partial charge in [-0.15, -0.1) is 0 Å². The van der Waals surface area contributed by atoms with Gasteiger partial charge in [0.1, 0.15) is 17.4 Å². The van der Waals surface area contributed by atoms with Gasteiger partial charge in [-0.3, -0.25) is 4.79 Å². The van der Waals surface area contributed by atoms with Crippen molar-refractivity contribution in [2.75, 3.05) is 0 Å². The van der Waals surface area contributed by atoms with E-state index in [1.54, 1.807) is 13.0 Å². The van der Waals surface area contributed by atoms with Gasteiger partial charge in [0.25, 0.3) is 0 Å². The number of fused-ring (bicyclic) bond motifs is 1. The summed E-state index contributed by atoms with van der Waals surface area (Å²) in [7, 11) is 0. The van der Waals surface area contributed by atoms with Crippen molar-refractivity contribution in [3.8, 4) is 0 Å². The molecule has 2 aliphatic carbocycles. The highest BCUT2D eigenvalue weighted by atomic mass is 19.1. The number of carbonyl (C=O) groups is 1. The number of aromatic nitrogens is 2. The summed E-state index contributed by atoms with van der Waals surface area (Å²) in [6.07, 6.45) is 5.13. The Morgan fingerprint density at radius 3 is 2.68 bits per heavy atom. The summed E-state index contributed by atoms with van der Waals surface area (Å²) in [4.78, 5) is 12.4. The lowest BCUT2D eigenvalue weighted by Crippen LogP contribution is -2.39. The van der Waals surface area contributed by atoms with Crippen LogP contribution in [0, 0.1) is 0 Å². The summed E-state index contributed by atoms with van der Waals surface area (Å²) >= 11 is 0. The molecule has 134 valence electrons. The largest absolute Gasteiger partial charge is 0.299 e. The average molecular weight is 346 g/mol. The summed E-state index contributed by atoms with van der Waals surface area (Å²) in [5, 5.41) is 8.47. The SMILES string of the molecule is CC[C@H]1CC[C@](CC)(C(C)=O)c2nnc(C3=C(F)CCC=C3F)cc21. The predicted molar refractivity (Wildman–Crippen MR) is 93.4 cm³/mol. The fourth-order valence-electron chi connectivity index (χ4n) is 4.21. The monoisotopic (exact) mass is 346 g/mol. The normalized spacial score (nSPS) is 26.3. The van der Waals surface area contributed by atoms with E-state index in [0.29, 0.717) is 18.5 Å². The van der Waals surface area contributed by atoms with E-state index in [-0.39, 0.29) is 29.4 Å². The lowest BCUT2D eigenvalue weighted by molar-refractivity contribution is -0.123. The molecule has 3 rings (SSSR count). The van der Waals surface area contributed by atoms with Gasteiger partial charge in [0.15, 0.2) is 0 Å². The van der Waals surface area contributed by atoms with Gasteiger partial charge in [0.05, 0.1) is 22.4 Å². The molecule has 1 aromatic rings. The number of hydrogen-bond acceptors (Lipinski definition) is 3. The molecule has 0 saturated heterocycles. The van der Waals surface area contributed by atoms with Crippen molar-refractivity contribution in [3.63, 3.8) is 0 Å². The Morgan fingerprint density at radius 2 is 2.08 bits per heavy atom. The van der Waals surface area contributed by atoms with Crippen molar-refractivity contribution in [1.29, 1.82) is 0 Å². The van der Waals surface area contributed by atoms with E-state index in [1.807, 2.05) is 6.92 Å². The topological polar surface area (TPSA) is 42.9 Å². The van der Waals surface area contributed by atoms with Gasteiger partial charge >= 0.3 is 0 Å². The van der Waals surface area contributed by atoms with Crippen LogP contribution >= 0.6 is 0 Å². The molecule has 0 aliphatic heterocycles. The number of Topliss-reactive ketones (excluding diaryl/α,β-unsaturated/α-hetero) is 1. The van der Waals surface area contributed by atoms with Crippen LogP contribution in [0.15, 0.2) is 23.8 Å². The van der Waals surface area contributed by atoms with Crippen LogP contribution in [0.2, 0.25) is 0 Å². The standard InChI is InChI=1S/C20H24F2N2O/c1-4-13-9-10-20(5-2,12(3)25)19-14(13)11-17(23-24-19)18-15(21)7-6-8-16(18)22/h7,11,13H,4-6,8-10H2,1-3H3/t13-,20+/m0/s1. The van der Waals surface area contributed by atoms with E-state index < -0.39 is 17.1 Å². The maximum Gasteiger partial charge on any atom is 0.141 e. The maximum absolute atomic E-state index is 14.2. The third-order valence-electron chi connectivity index (χ3n) is 5.86. The zero-order valence-electron chi connectivity index (χ0n) is 15.0. The zero-order chi connectivity index (χ0) is 18.2. The number of halogens is 2. The first-order valence-electron chi connectivity index (χ1n) is 9.08. The number of hydrogen-bond donors (Lipinski definition) is 0. The van der Waals surface area contributed by atoms with Gasteiger partial charge in [-0.25, -0.2) is 8.78 Å². The third kappa shape index (κ3) is 2.83. The van der Waals surface area contributed by atoms with Crippen LogP contribution in [0.1, 0.15) is 82.2 Å². The van der Waals surface area contributed by atoms with E-state index >= 15 is 0 Å². The Labute approximate surface area is 147 Å². The summed E-state index contributed by atoms with van der Waals surface area (Å²) in [5.74, 6) is -0.730. The first-order valence-corrected chi connectivity index (χ1v) is 9.08. The molecule has 1 heterocycles. The third-order valence-corrected chi connectivity index (χ3v) is 5.86. The second-order valence-electron chi connectivity index (χ2n) is 7.04. The lowest BCUT2D eigenvalue weighted by atomic mass is 9.65. The minimum Gasteiger partial charge on any atom is -0.299 e. The van der Waals surface area contributed by atoms with E-state index in [9.17, 15) is 13.6 Å². The molecule has 25 heavy (non-hydrogen) atoms. The highest BCUT2D eigenvalue weighted by Crippen LogP contribution is 2.46. The Morgan fingerprint density at radius 1 is 1.32 bits per heavy atom. The molecule has 2 aliphatic rings. The van der Waals surface area contributed by atoms with Crippen molar-refractivity contribution in [3.05, 3.63) is 40.7 Å². The van der Waals surface area contributed by atoms with Gasteiger partial charge in [-0.2, -0.15) is 10.2 Å². The molecule has 0 bridgehead atoms. The summed E-state index contributed by atoms with van der Waals surface area (Å²) < 4.78 is 28.4. The molecule has 0 saturated carbocycles. The Kier molecular flexibility index (Phi) is 4.85. The molecular formula is C20H24F2N2O. The fraction of sp³-hybridized carbons (Fsp3) is 0.550. The number of ketones is 1. The Balaban J connectivity index is 2.17. The van der Waals surface area contributed by atoms with Gasteiger partial charge < -0.3 is 0 Å². The molecule has 0 amide bonds. The maximum atomic E-state index is 14.2. The zero-order valence-corrected chi connectivity index (χ0v) is 15.0. The van der Waals surface area contributed by atoms with Crippen molar-refractivity contribution in [1.82, 2.24) is 10.2 Å².